The molecule has 0 unspecified atom stereocenters. The molecule has 1 saturated carbocycles. The fraction of sp³-hybridized carbons (Fsp3) is 0.900. The van der Waals surface area contributed by atoms with Crippen LogP contribution in [-0.2, 0) is 14.3 Å². The summed E-state index contributed by atoms with van der Waals surface area (Å²) < 4.78 is 10.9. The zero-order valence-electron chi connectivity index (χ0n) is 17.1. The Morgan fingerprint density at radius 1 is 1.11 bits per heavy atom. The molecule has 3 rings (SSSR count). The van der Waals surface area contributed by atoms with Crippen molar-refractivity contribution < 1.29 is 19.1 Å². The van der Waals surface area contributed by atoms with Gasteiger partial charge in [-0.1, -0.05) is 0 Å². The number of piperidine rings is 2. The SMILES string of the molecule is COC(=O)C1(N)CCC(NC(=O)N2CCC(OCC3CCNCC3)CC2)CC1. The van der Waals surface area contributed by atoms with E-state index in [0.717, 1.165) is 45.6 Å². The molecule has 28 heavy (non-hydrogen) atoms. The van der Waals surface area contributed by atoms with Crippen LogP contribution >= 0.6 is 0 Å². The molecule has 0 bridgehead atoms. The van der Waals surface area contributed by atoms with Crippen molar-refractivity contribution in [1.82, 2.24) is 15.5 Å². The van der Waals surface area contributed by atoms with Crippen LogP contribution in [0.3, 0.4) is 0 Å². The van der Waals surface area contributed by atoms with E-state index in [1.54, 1.807) is 0 Å². The molecule has 1 aliphatic carbocycles. The minimum Gasteiger partial charge on any atom is -0.468 e. The average Bonchev–Trinajstić information content (AvgIpc) is 2.74. The second-order valence-electron chi connectivity index (χ2n) is 8.58. The standard InChI is InChI=1S/C20H36N4O4/c1-27-18(25)20(21)8-2-16(3-9-20)23-19(26)24-12-6-17(7-13-24)28-14-15-4-10-22-11-5-15/h15-17,22H,2-14,21H2,1H3,(H,23,26). The molecule has 8 nitrogen and oxygen atoms in total. The van der Waals surface area contributed by atoms with E-state index in [1.165, 1.54) is 20.0 Å². The number of carbonyl (C=O) groups is 2. The van der Waals surface area contributed by atoms with Gasteiger partial charge in [-0.2, -0.15) is 0 Å². The third kappa shape index (κ3) is 5.58. The zero-order valence-corrected chi connectivity index (χ0v) is 17.1. The van der Waals surface area contributed by atoms with Gasteiger partial charge in [0.1, 0.15) is 5.54 Å². The van der Waals surface area contributed by atoms with Gasteiger partial charge < -0.3 is 30.7 Å². The van der Waals surface area contributed by atoms with Crippen LogP contribution in [0.4, 0.5) is 4.79 Å². The van der Waals surface area contributed by atoms with Gasteiger partial charge in [-0.15, -0.1) is 0 Å². The quantitative estimate of drug-likeness (QED) is 0.599. The van der Waals surface area contributed by atoms with Crippen molar-refractivity contribution in [2.75, 3.05) is 39.9 Å². The van der Waals surface area contributed by atoms with Crippen molar-refractivity contribution in [2.45, 2.75) is 69.1 Å². The number of hydrogen-bond acceptors (Lipinski definition) is 6. The third-order valence-electron chi connectivity index (χ3n) is 6.55. The van der Waals surface area contributed by atoms with E-state index in [1.807, 2.05) is 4.90 Å². The fourth-order valence-electron chi connectivity index (χ4n) is 4.50. The molecule has 2 amide bonds. The van der Waals surface area contributed by atoms with Crippen molar-refractivity contribution >= 4 is 12.0 Å². The number of likely N-dealkylation sites (tertiary alicyclic amines) is 1. The number of hydrogen-bond donors (Lipinski definition) is 3. The van der Waals surface area contributed by atoms with E-state index in [4.69, 9.17) is 15.2 Å². The molecule has 0 aromatic rings. The van der Waals surface area contributed by atoms with Gasteiger partial charge in [-0.05, 0) is 70.4 Å². The largest absolute Gasteiger partial charge is 0.468 e. The fourth-order valence-corrected chi connectivity index (χ4v) is 4.50. The molecule has 0 radical (unpaired) electrons. The highest BCUT2D eigenvalue weighted by Crippen LogP contribution is 2.28. The smallest absolute Gasteiger partial charge is 0.325 e. The van der Waals surface area contributed by atoms with E-state index in [-0.39, 0.29) is 24.1 Å². The minimum absolute atomic E-state index is 0.00982. The van der Waals surface area contributed by atoms with Crippen LogP contribution in [0.25, 0.3) is 0 Å². The van der Waals surface area contributed by atoms with Crippen LogP contribution in [-0.4, -0.2) is 74.5 Å². The Kier molecular flexibility index (Phi) is 7.54. The molecule has 0 aromatic heterocycles. The second kappa shape index (κ2) is 9.89. The van der Waals surface area contributed by atoms with Crippen molar-refractivity contribution in [2.24, 2.45) is 11.7 Å². The summed E-state index contributed by atoms with van der Waals surface area (Å²) in [7, 11) is 1.37. The predicted molar refractivity (Wildman–Crippen MR) is 106 cm³/mol. The highest BCUT2D eigenvalue weighted by atomic mass is 16.5. The van der Waals surface area contributed by atoms with Gasteiger partial charge in [0.05, 0.1) is 13.2 Å². The Bertz CT molecular complexity index is 522. The summed E-state index contributed by atoms with van der Waals surface area (Å²) in [4.78, 5) is 26.2. The Balaban J connectivity index is 1.33. The van der Waals surface area contributed by atoms with Gasteiger partial charge in [0.25, 0.3) is 0 Å². The molecule has 8 heteroatoms. The first-order valence-corrected chi connectivity index (χ1v) is 10.8. The number of urea groups is 1. The lowest BCUT2D eigenvalue weighted by Crippen LogP contribution is -2.55. The van der Waals surface area contributed by atoms with Crippen molar-refractivity contribution in [3.8, 4) is 0 Å². The lowest BCUT2D eigenvalue weighted by atomic mass is 9.80. The number of esters is 1. The molecule has 2 heterocycles. The first-order valence-electron chi connectivity index (χ1n) is 10.8. The molecule has 3 fully saturated rings. The molecule has 0 spiro atoms. The Morgan fingerprint density at radius 3 is 2.36 bits per heavy atom. The van der Waals surface area contributed by atoms with Crippen LogP contribution < -0.4 is 16.4 Å². The van der Waals surface area contributed by atoms with E-state index in [9.17, 15) is 9.59 Å². The second-order valence-corrected chi connectivity index (χ2v) is 8.58. The van der Waals surface area contributed by atoms with Gasteiger partial charge in [0, 0.05) is 25.7 Å². The molecular weight excluding hydrogens is 360 g/mol. The number of methoxy groups -OCH3 is 1. The van der Waals surface area contributed by atoms with Gasteiger partial charge >= 0.3 is 12.0 Å². The maximum absolute atomic E-state index is 12.6. The van der Waals surface area contributed by atoms with Gasteiger partial charge in [0.2, 0.25) is 0 Å². The maximum Gasteiger partial charge on any atom is 0.325 e. The number of nitrogens with two attached hydrogens (primary N) is 1. The number of ether oxygens (including phenoxy) is 2. The first-order chi connectivity index (χ1) is 13.5. The number of amides is 2. The maximum atomic E-state index is 12.6. The minimum atomic E-state index is -0.903. The topological polar surface area (TPSA) is 106 Å². The lowest BCUT2D eigenvalue weighted by Gasteiger charge is -2.37. The van der Waals surface area contributed by atoms with Crippen LogP contribution in [0.15, 0.2) is 0 Å². The predicted octanol–water partition coefficient (Wildman–Crippen LogP) is 0.990. The number of nitrogens with one attached hydrogen (secondary N) is 2. The summed E-state index contributed by atoms with van der Waals surface area (Å²) in [6, 6.07) is 0.0621. The molecule has 2 saturated heterocycles. The van der Waals surface area contributed by atoms with Crippen LogP contribution in [0.2, 0.25) is 0 Å². The third-order valence-corrected chi connectivity index (χ3v) is 6.55. The zero-order chi connectivity index (χ0) is 20.0. The van der Waals surface area contributed by atoms with E-state index >= 15 is 0 Å². The normalized spacial score (nSPS) is 30.1. The van der Waals surface area contributed by atoms with Gasteiger partial charge in [-0.25, -0.2) is 4.79 Å². The Hall–Kier alpha value is -1.38. The molecule has 4 N–H and O–H groups in total. The van der Waals surface area contributed by atoms with E-state index in [2.05, 4.69) is 10.6 Å². The summed E-state index contributed by atoms with van der Waals surface area (Å²) in [5, 5.41) is 6.49. The highest BCUT2D eigenvalue weighted by molar-refractivity contribution is 5.80. The number of nitrogens with zero attached hydrogens (tertiary/aromatic N) is 1. The summed E-state index contributed by atoms with van der Waals surface area (Å²) in [6.45, 7) is 4.51. The number of rotatable bonds is 5. The van der Waals surface area contributed by atoms with Gasteiger partial charge in [-0.3, -0.25) is 4.79 Å². The van der Waals surface area contributed by atoms with E-state index < -0.39 is 5.54 Å². The Morgan fingerprint density at radius 2 is 1.75 bits per heavy atom. The van der Waals surface area contributed by atoms with Crippen LogP contribution in [0, 0.1) is 5.92 Å². The van der Waals surface area contributed by atoms with Crippen molar-refractivity contribution in [3.63, 3.8) is 0 Å². The molecular formula is C20H36N4O4. The molecule has 160 valence electrons. The van der Waals surface area contributed by atoms with Crippen molar-refractivity contribution in [3.05, 3.63) is 0 Å². The first kappa shape index (κ1) is 21.3. The van der Waals surface area contributed by atoms with E-state index in [0.29, 0.717) is 31.6 Å². The molecule has 3 aliphatic rings. The summed E-state index contributed by atoms with van der Waals surface area (Å²) in [5.41, 5.74) is 5.23. The molecule has 0 atom stereocenters. The Labute approximate surface area is 167 Å². The summed E-state index contributed by atoms with van der Waals surface area (Å²) >= 11 is 0. The molecule has 2 aliphatic heterocycles. The highest BCUT2D eigenvalue weighted by Gasteiger charge is 2.40. The van der Waals surface area contributed by atoms with Crippen molar-refractivity contribution in [1.29, 1.82) is 0 Å². The van der Waals surface area contributed by atoms with Crippen LogP contribution in [0.5, 0.6) is 0 Å². The summed E-state index contributed by atoms with van der Waals surface area (Å²) in [6.07, 6.45) is 6.95. The van der Waals surface area contributed by atoms with Gasteiger partial charge in [0.15, 0.2) is 0 Å². The monoisotopic (exact) mass is 396 g/mol. The molecule has 0 aromatic carbocycles. The summed E-state index contributed by atoms with van der Waals surface area (Å²) in [5.74, 6) is 0.317. The van der Waals surface area contributed by atoms with Crippen LogP contribution in [0.1, 0.15) is 51.4 Å². The number of carbonyl (C=O) groups excluding carboxylic acids is 2. The average molecular weight is 397 g/mol. The lowest BCUT2D eigenvalue weighted by molar-refractivity contribution is -0.148.